The summed E-state index contributed by atoms with van der Waals surface area (Å²) in [5.74, 6) is -0.606. The molecule has 0 radical (unpaired) electrons. The minimum Gasteiger partial charge on any atom is -0.494 e. The zero-order valence-electron chi connectivity index (χ0n) is 16.8. The number of methoxy groups -OCH3 is 1. The van der Waals surface area contributed by atoms with Crippen LogP contribution in [0.25, 0.3) is 11.1 Å². The highest BCUT2D eigenvalue weighted by atomic mass is 19.2. The fourth-order valence-electron chi connectivity index (χ4n) is 3.76. The lowest BCUT2D eigenvalue weighted by atomic mass is 9.78. The second kappa shape index (κ2) is 10.2. The molecule has 0 aliphatic heterocycles. The molecule has 1 saturated carbocycles. The maximum Gasteiger partial charge on any atom is 0.201 e. The first-order valence-electron chi connectivity index (χ1n) is 9.89. The molecule has 1 aliphatic carbocycles. The number of rotatable bonds is 4. The van der Waals surface area contributed by atoms with Crippen LogP contribution in [0, 0.1) is 17.6 Å². The maximum atomic E-state index is 14.2. The van der Waals surface area contributed by atoms with Crippen LogP contribution in [-0.2, 0) is 0 Å². The Morgan fingerprint density at radius 1 is 0.889 bits per heavy atom. The molecule has 0 N–H and O–H groups in total. The van der Waals surface area contributed by atoms with Crippen LogP contribution >= 0.6 is 0 Å². The summed E-state index contributed by atoms with van der Waals surface area (Å²) in [6, 6.07) is 10.9. The molecule has 146 valence electrons. The van der Waals surface area contributed by atoms with Crippen molar-refractivity contribution in [3.8, 4) is 16.9 Å². The van der Waals surface area contributed by atoms with Crippen molar-refractivity contribution >= 4 is 0 Å². The first-order chi connectivity index (χ1) is 13.1. The topological polar surface area (TPSA) is 9.23 Å². The zero-order valence-corrected chi connectivity index (χ0v) is 16.8. The van der Waals surface area contributed by atoms with Gasteiger partial charge in [-0.25, -0.2) is 4.39 Å². The van der Waals surface area contributed by atoms with Crippen molar-refractivity contribution in [1.82, 2.24) is 0 Å². The molecule has 0 bridgehead atoms. The molecule has 0 amide bonds. The molecule has 1 nitrogen and oxygen atoms in total. The number of ether oxygens (including phenoxy) is 1. The van der Waals surface area contributed by atoms with Crippen molar-refractivity contribution in [2.24, 2.45) is 5.92 Å². The molecule has 0 spiro atoms. The summed E-state index contributed by atoms with van der Waals surface area (Å²) < 4.78 is 33.0. The van der Waals surface area contributed by atoms with Gasteiger partial charge in [-0.15, -0.1) is 0 Å². The van der Waals surface area contributed by atoms with Gasteiger partial charge in [-0.05, 0) is 67.7 Å². The molecular weight excluding hydrogens is 342 g/mol. The van der Waals surface area contributed by atoms with E-state index >= 15 is 0 Å². The minimum absolute atomic E-state index is 0.0734. The Labute approximate surface area is 162 Å². The van der Waals surface area contributed by atoms with Crippen molar-refractivity contribution in [3.63, 3.8) is 0 Å². The Morgan fingerprint density at radius 2 is 1.52 bits per heavy atom. The van der Waals surface area contributed by atoms with Crippen LogP contribution in [0.5, 0.6) is 5.75 Å². The van der Waals surface area contributed by atoms with Crippen LogP contribution in [0.2, 0.25) is 0 Å². The van der Waals surface area contributed by atoms with Gasteiger partial charge < -0.3 is 4.74 Å². The lowest BCUT2D eigenvalue weighted by Crippen LogP contribution is -2.11. The summed E-state index contributed by atoms with van der Waals surface area (Å²) in [6.07, 6.45) is 9.24. The lowest BCUT2D eigenvalue weighted by molar-refractivity contribution is 0.372. The molecule has 1 fully saturated rings. The highest BCUT2D eigenvalue weighted by molar-refractivity contribution is 5.65. The quantitative estimate of drug-likeness (QED) is 0.504. The Kier molecular flexibility index (Phi) is 8.02. The molecular formula is C24H30F2O. The summed E-state index contributed by atoms with van der Waals surface area (Å²) in [4.78, 5) is 0. The molecule has 27 heavy (non-hydrogen) atoms. The van der Waals surface area contributed by atoms with Crippen LogP contribution in [0.1, 0.15) is 57.9 Å². The monoisotopic (exact) mass is 372 g/mol. The van der Waals surface area contributed by atoms with Crippen molar-refractivity contribution in [2.75, 3.05) is 7.11 Å². The Hall–Kier alpha value is -2.16. The van der Waals surface area contributed by atoms with Gasteiger partial charge in [0.1, 0.15) is 0 Å². The third-order valence-electron chi connectivity index (χ3n) is 5.20. The van der Waals surface area contributed by atoms with Crippen molar-refractivity contribution in [1.29, 1.82) is 0 Å². The second-order valence-electron chi connectivity index (χ2n) is 6.70. The number of hydrogen-bond donors (Lipinski definition) is 0. The van der Waals surface area contributed by atoms with Crippen LogP contribution in [0.4, 0.5) is 8.78 Å². The van der Waals surface area contributed by atoms with Gasteiger partial charge in [-0.1, -0.05) is 50.3 Å². The van der Waals surface area contributed by atoms with E-state index in [1.165, 1.54) is 44.4 Å². The van der Waals surface area contributed by atoms with Crippen LogP contribution in [-0.4, -0.2) is 7.11 Å². The smallest absolute Gasteiger partial charge is 0.201 e. The number of halogens is 2. The van der Waals surface area contributed by atoms with Gasteiger partial charge in [0, 0.05) is 5.56 Å². The molecule has 0 heterocycles. The average Bonchev–Trinajstić information content (AvgIpc) is 2.73. The van der Waals surface area contributed by atoms with E-state index < -0.39 is 11.6 Å². The summed E-state index contributed by atoms with van der Waals surface area (Å²) in [5.41, 5.74) is 2.24. The van der Waals surface area contributed by atoms with Crippen molar-refractivity contribution < 1.29 is 13.5 Å². The zero-order chi connectivity index (χ0) is 19.8. The highest BCUT2D eigenvalue weighted by Crippen LogP contribution is 2.37. The van der Waals surface area contributed by atoms with Crippen LogP contribution in [0.15, 0.2) is 48.6 Å². The van der Waals surface area contributed by atoms with Gasteiger partial charge in [0.25, 0.3) is 0 Å². The first-order valence-corrected chi connectivity index (χ1v) is 9.89. The molecule has 0 atom stereocenters. The summed E-state index contributed by atoms with van der Waals surface area (Å²) >= 11 is 0. The van der Waals surface area contributed by atoms with E-state index in [-0.39, 0.29) is 11.3 Å². The second-order valence-corrected chi connectivity index (χ2v) is 6.70. The number of hydrogen-bond acceptors (Lipinski definition) is 1. The third kappa shape index (κ3) is 4.97. The van der Waals surface area contributed by atoms with E-state index in [1.807, 2.05) is 26.0 Å². The molecule has 0 aromatic heterocycles. The number of benzene rings is 2. The van der Waals surface area contributed by atoms with Gasteiger partial charge in [-0.3, -0.25) is 0 Å². The predicted octanol–water partition coefficient (Wildman–Crippen LogP) is 7.52. The summed E-state index contributed by atoms with van der Waals surface area (Å²) in [7, 11) is 1.33. The van der Waals surface area contributed by atoms with Crippen molar-refractivity contribution in [2.45, 2.75) is 52.4 Å². The molecule has 3 rings (SSSR count). The van der Waals surface area contributed by atoms with E-state index in [9.17, 15) is 8.78 Å². The van der Waals surface area contributed by atoms with Gasteiger partial charge in [0.05, 0.1) is 7.11 Å². The Morgan fingerprint density at radius 3 is 2.07 bits per heavy atom. The van der Waals surface area contributed by atoms with Crippen LogP contribution < -0.4 is 4.74 Å². The SMILES string of the molecule is CC.CC=CC1CCC(c2ccc(-c3ccc(OC)c(F)c3F)cc2)CC1. The van der Waals surface area contributed by atoms with Gasteiger partial charge in [0.15, 0.2) is 11.6 Å². The Balaban J connectivity index is 0.00000126. The molecule has 0 saturated heterocycles. The average molecular weight is 372 g/mol. The number of allylic oxidation sites excluding steroid dienone is 2. The van der Waals surface area contributed by atoms with E-state index in [0.717, 1.165) is 0 Å². The third-order valence-corrected chi connectivity index (χ3v) is 5.20. The van der Waals surface area contributed by atoms with Gasteiger partial charge in [-0.2, -0.15) is 4.39 Å². The van der Waals surface area contributed by atoms with E-state index in [2.05, 4.69) is 31.2 Å². The predicted molar refractivity (Wildman–Crippen MR) is 109 cm³/mol. The molecule has 3 heteroatoms. The highest BCUT2D eigenvalue weighted by Gasteiger charge is 2.21. The largest absolute Gasteiger partial charge is 0.494 e. The minimum atomic E-state index is -0.939. The molecule has 2 aromatic carbocycles. The molecule has 0 unspecified atom stereocenters. The summed E-state index contributed by atoms with van der Waals surface area (Å²) in [5, 5.41) is 0. The van der Waals surface area contributed by atoms with Crippen molar-refractivity contribution in [3.05, 3.63) is 65.7 Å². The molecule has 1 aliphatic rings. The fraction of sp³-hybridized carbons (Fsp3) is 0.417. The molecule has 2 aromatic rings. The van der Waals surface area contributed by atoms with E-state index in [1.54, 1.807) is 6.07 Å². The first kappa shape index (κ1) is 21.1. The summed E-state index contributed by atoms with van der Waals surface area (Å²) in [6.45, 7) is 6.08. The lowest BCUT2D eigenvalue weighted by Gasteiger charge is -2.27. The normalized spacial score (nSPS) is 19.5. The van der Waals surface area contributed by atoms with Crippen LogP contribution in [0.3, 0.4) is 0 Å². The maximum absolute atomic E-state index is 14.2. The Bertz CT molecular complexity index is 742. The van der Waals surface area contributed by atoms with E-state index in [4.69, 9.17) is 4.74 Å². The standard InChI is InChI=1S/C22H24F2O.C2H6/c1-3-4-15-5-7-16(8-6-15)17-9-11-18(12-10-17)19-13-14-20(25-2)22(24)21(19)23;1-2/h3-4,9-16H,5-8H2,1-2H3;1-2H3. The fourth-order valence-corrected chi connectivity index (χ4v) is 3.76. The van der Waals surface area contributed by atoms with E-state index in [0.29, 0.717) is 17.4 Å². The van der Waals surface area contributed by atoms with Gasteiger partial charge >= 0.3 is 0 Å². The van der Waals surface area contributed by atoms with Gasteiger partial charge in [0.2, 0.25) is 5.82 Å².